The second kappa shape index (κ2) is 7.46. The molecular weight excluding hydrogens is 264 g/mol. The summed E-state index contributed by atoms with van der Waals surface area (Å²) in [6, 6.07) is 10.2. The van der Waals surface area contributed by atoms with E-state index in [1.807, 2.05) is 18.2 Å². The first kappa shape index (κ1) is 15.8. The highest BCUT2D eigenvalue weighted by Crippen LogP contribution is 2.23. The smallest absolute Gasteiger partial charge is 0.317 e. The van der Waals surface area contributed by atoms with Crippen molar-refractivity contribution in [3.63, 3.8) is 0 Å². The molecule has 21 heavy (non-hydrogen) atoms. The Kier molecular flexibility index (Phi) is 5.62. The standard InChI is InChI=1S/C17H26N2O2/c1-13(2)16(14-7-4-3-5-8-14)11-18-17(21)19-10-6-9-15(20)12-19/h3-5,7-8,13,15-16,20H,6,9-12H2,1-2H3,(H,18,21). The Morgan fingerprint density at radius 1 is 1.38 bits per heavy atom. The Morgan fingerprint density at radius 2 is 2.10 bits per heavy atom. The van der Waals surface area contributed by atoms with Crippen molar-refractivity contribution in [2.45, 2.75) is 38.7 Å². The van der Waals surface area contributed by atoms with Crippen molar-refractivity contribution < 1.29 is 9.90 Å². The first-order chi connectivity index (χ1) is 10.1. The Hall–Kier alpha value is -1.55. The van der Waals surface area contributed by atoms with Gasteiger partial charge in [-0.1, -0.05) is 44.2 Å². The monoisotopic (exact) mass is 290 g/mol. The number of benzene rings is 1. The number of urea groups is 1. The quantitative estimate of drug-likeness (QED) is 0.895. The average molecular weight is 290 g/mol. The molecule has 0 spiro atoms. The molecule has 0 bridgehead atoms. The number of nitrogens with one attached hydrogen (secondary N) is 1. The minimum atomic E-state index is -0.375. The molecule has 2 amide bonds. The van der Waals surface area contributed by atoms with Crippen LogP contribution < -0.4 is 5.32 Å². The van der Waals surface area contributed by atoms with Gasteiger partial charge in [-0.3, -0.25) is 0 Å². The van der Waals surface area contributed by atoms with Crippen molar-refractivity contribution in [3.05, 3.63) is 35.9 Å². The number of aliphatic hydroxyl groups is 1. The predicted octanol–water partition coefficient (Wildman–Crippen LogP) is 2.59. The van der Waals surface area contributed by atoms with Crippen LogP contribution in [0.1, 0.15) is 38.2 Å². The molecule has 1 aromatic rings. The van der Waals surface area contributed by atoms with Crippen LogP contribution in [0.3, 0.4) is 0 Å². The van der Waals surface area contributed by atoms with E-state index < -0.39 is 0 Å². The van der Waals surface area contributed by atoms with Gasteiger partial charge in [0.1, 0.15) is 0 Å². The van der Waals surface area contributed by atoms with Gasteiger partial charge in [0.15, 0.2) is 0 Å². The van der Waals surface area contributed by atoms with Crippen LogP contribution in [-0.2, 0) is 0 Å². The van der Waals surface area contributed by atoms with Crippen LogP contribution in [0.25, 0.3) is 0 Å². The van der Waals surface area contributed by atoms with Gasteiger partial charge >= 0.3 is 6.03 Å². The minimum Gasteiger partial charge on any atom is -0.391 e. The number of carbonyl (C=O) groups excluding carboxylic acids is 1. The maximum absolute atomic E-state index is 12.2. The molecule has 1 saturated heterocycles. The van der Waals surface area contributed by atoms with Crippen LogP contribution in [0.4, 0.5) is 4.79 Å². The van der Waals surface area contributed by atoms with E-state index >= 15 is 0 Å². The van der Waals surface area contributed by atoms with E-state index in [1.165, 1.54) is 5.56 Å². The molecule has 0 aromatic heterocycles. The van der Waals surface area contributed by atoms with Crippen LogP contribution >= 0.6 is 0 Å². The number of likely N-dealkylation sites (tertiary alicyclic amines) is 1. The van der Waals surface area contributed by atoms with Crippen LogP contribution in [0.2, 0.25) is 0 Å². The molecule has 2 atom stereocenters. The van der Waals surface area contributed by atoms with Gasteiger partial charge in [-0.05, 0) is 24.3 Å². The van der Waals surface area contributed by atoms with Crippen molar-refractivity contribution >= 4 is 6.03 Å². The highest BCUT2D eigenvalue weighted by molar-refractivity contribution is 5.74. The fourth-order valence-corrected chi connectivity index (χ4v) is 2.89. The summed E-state index contributed by atoms with van der Waals surface area (Å²) >= 11 is 0. The summed E-state index contributed by atoms with van der Waals surface area (Å²) in [6.07, 6.45) is 1.29. The van der Waals surface area contributed by atoms with Gasteiger partial charge < -0.3 is 15.3 Å². The Bertz CT molecular complexity index is 447. The molecule has 116 valence electrons. The lowest BCUT2D eigenvalue weighted by atomic mass is 9.88. The number of carbonyl (C=O) groups is 1. The highest BCUT2D eigenvalue weighted by Gasteiger charge is 2.23. The summed E-state index contributed by atoms with van der Waals surface area (Å²) in [7, 11) is 0. The summed E-state index contributed by atoms with van der Waals surface area (Å²) in [4.78, 5) is 13.9. The van der Waals surface area contributed by atoms with Gasteiger partial charge in [-0.15, -0.1) is 0 Å². The van der Waals surface area contributed by atoms with Crippen molar-refractivity contribution in [2.75, 3.05) is 19.6 Å². The molecule has 0 saturated carbocycles. The number of rotatable bonds is 4. The summed E-state index contributed by atoms with van der Waals surface area (Å²) in [5, 5.41) is 12.7. The van der Waals surface area contributed by atoms with Gasteiger partial charge in [0.25, 0.3) is 0 Å². The lowest BCUT2D eigenvalue weighted by molar-refractivity contribution is 0.0840. The summed E-state index contributed by atoms with van der Waals surface area (Å²) in [6.45, 7) is 6.17. The third-order valence-corrected chi connectivity index (χ3v) is 4.19. The Labute approximate surface area is 127 Å². The van der Waals surface area contributed by atoms with E-state index in [0.717, 1.165) is 19.4 Å². The number of hydrogen-bond donors (Lipinski definition) is 2. The van der Waals surface area contributed by atoms with E-state index in [0.29, 0.717) is 24.9 Å². The zero-order valence-corrected chi connectivity index (χ0v) is 13.0. The lowest BCUT2D eigenvalue weighted by Gasteiger charge is -2.31. The molecule has 2 unspecified atom stereocenters. The fourth-order valence-electron chi connectivity index (χ4n) is 2.89. The molecule has 1 fully saturated rings. The lowest BCUT2D eigenvalue weighted by Crippen LogP contribution is -2.48. The zero-order valence-electron chi connectivity index (χ0n) is 13.0. The molecule has 0 radical (unpaired) electrons. The second-order valence-electron chi connectivity index (χ2n) is 6.19. The van der Waals surface area contributed by atoms with E-state index in [9.17, 15) is 9.90 Å². The predicted molar refractivity (Wildman–Crippen MR) is 84.2 cm³/mol. The maximum Gasteiger partial charge on any atom is 0.317 e. The minimum absolute atomic E-state index is 0.0599. The number of aliphatic hydroxyl groups excluding tert-OH is 1. The van der Waals surface area contributed by atoms with Gasteiger partial charge in [0.2, 0.25) is 0 Å². The van der Waals surface area contributed by atoms with Crippen molar-refractivity contribution in [3.8, 4) is 0 Å². The second-order valence-corrected chi connectivity index (χ2v) is 6.19. The first-order valence-corrected chi connectivity index (χ1v) is 7.83. The van der Waals surface area contributed by atoms with Crippen molar-refractivity contribution in [2.24, 2.45) is 5.92 Å². The molecule has 1 aliphatic heterocycles. The number of piperidine rings is 1. The molecular formula is C17H26N2O2. The Morgan fingerprint density at radius 3 is 2.71 bits per heavy atom. The van der Waals surface area contributed by atoms with Gasteiger partial charge in [-0.25, -0.2) is 4.79 Å². The molecule has 0 aliphatic carbocycles. The zero-order chi connectivity index (χ0) is 15.2. The van der Waals surface area contributed by atoms with Crippen LogP contribution in [0, 0.1) is 5.92 Å². The molecule has 2 N–H and O–H groups in total. The van der Waals surface area contributed by atoms with Crippen LogP contribution in [-0.4, -0.2) is 41.8 Å². The summed E-state index contributed by atoms with van der Waals surface area (Å²) < 4.78 is 0. The van der Waals surface area contributed by atoms with Crippen molar-refractivity contribution in [1.29, 1.82) is 0 Å². The summed E-state index contributed by atoms with van der Waals surface area (Å²) in [5.74, 6) is 0.768. The van der Waals surface area contributed by atoms with Gasteiger partial charge in [-0.2, -0.15) is 0 Å². The molecule has 4 nitrogen and oxygen atoms in total. The molecule has 2 rings (SSSR count). The SMILES string of the molecule is CC(C)C(CNC(=O)N1CCCC(O)C1)c1ccccc1. The average Bonchev–Trinajstić information content (AvgIpc) is 2.48. The third kappa shape index (κ3) is 4.46. The third-order valence-electron chi connectivity index (χ3n) is 4.19. The number of nitrogens with zero attached hydrogens (tertiary/aromatic N) is 1. The van der Waals surface area contributed by atoms with Crippen molar-refractivity contribution in [1.82, 2.24) is 10.2 Å². The molecule has 1 aromatic carbocycles. The number of β-amino-alcohol motifs (C(OH)–C–C–N with tert-alkyl or cyclic N) is 1. The number of amides is 2. The maximum atomic E-state index is 12.2. The van der Waals surface area contributed by atoms with Gasteiger partial charge in [0, 0.05) is 25.6 Å². The first-order valence-electron chi connectivity index (χ1n) is 7.83. The van der Waals surface area contributed by atoms with Crippen LogP contribution in [0.15, 0.2) is 30.3 Å². The topological polar surface area (TPSA) is 52.6 Å². The fraction of sp³-hybridized carbons (Fsp3) is 0.588. The number of hydrogen-bond acceptors (Lipinski definition) is 2. The Balaban J connectivity index is 1.91. The van der Waals surface area contributed by atoms with Gasteiger partial charge in [0.05, 0.1) is 6.10 Å². The molecule has 1 aliphatic rings. The highest BCUT2D eigenvalue weighted by atomic mass is 16.3. The summed E-state index contributed by atoms with van der Waals surface area (Å²) in [5.41, 5.74) is 1.26. The van der Waals surface area contributed by atoms with E-state index in [4.69, 9.17) is 0 Å². The molecule has 4 heteroatoms. The largest absolute Gasteiger partial charge is 0.391 e. The normalized spacial score (nSPS) is 20.4. The van der Waals surface area contributed by atoms with Crippen LogP contribution in [0.5, 0.6) is 0 Å². The van der Waals surface area contributed by atoms with E-state index in [-0.39, 0.29) is 12.1 Å². The van der Waals surface area contributed by atoms with E-state index in [2.05, 4.69) is 31.3 Å². The molecule has 1 heterocycles. The van der Waals surface area contributed by atoms with E-state index in [1.54, 1.807) is 4.90 Å².